The maximum Gasteiger partial charge on any atom is 0.151 e. The van der Waals surface area contributed by atoms with Gasteiger partial charge in [0.05, 0.1) is 17.6 Å². The predicted molar refractivity (Wildman–Crippen MR) is 69.7 cm³/mol. The van der Waals surface area contributed by atoms with Crippen LogP contribution in [-0.4, -0.2) is 55.0 Å². The molecular formula is C11H18N2O2S2. The highest BCUT2D eigenvalue weighted by molar-refractivity contribution is 8.00. The smallest absolute Gasteiger partial charge is 0.151 e. The summed E-state index contributed by atoms with van der Waals surface area (Å²) in [5, 5.41) is 9.19. The lowest BCUT2D eigenvalue weighted by atomic mass is 9.96. The highest BCUT2D eigenvalue weighted by atomic mass is 32.2. The first kappa shape index (κ1) is 13.2. The lowest BCUT2D eigenvalue weighted by Crippen LogP contribution is -2.46. The van der Waals surface area contributed by atoms with Crippen molar-refractivity contribution in [3.63, 3.8) is 0 Å². The molecule has 0 saturated carbocycles. The summed E-state index contributed by atoms with van der Waals surface area (Å²) in [4.78, 5) is 2.26. The first-order valence-electron chi connectivity index (χ1n) is 5.91. The minimum Gasteiger partial charge on any atom is -0.299 e. The minimum atomic E-state index is -2.80. The van der Waals surface area contributed by atoms with Crippen molar-refractivity contribution in [1.82, 2.24) is 4.90 Å². The van der Waals surface area contributed by atoms with Crippen LogP contribution in [0, 0.1) is 11.3 Å². The van der Waals surface area contributed by atoms with E-state index < -0.39 is 9.84 Å². The van der Waals surface area contributed by atoms with E-state index in [2.05, 4.69) is 11.0 Å². The molecule has 2 saturated heterocycles. The van der Waals surface area contributed by atoms with Crippen molar-refractivity contribution < 1.29 is 8.42 Å². The number of piperidine rings is 1. The summed E-state index contributed by atoms with van der Waals surface area (Å²) < 4.78 is 22.6. The number of rotatable bonds is 2. The molecule has 0 aromatic rings. The van der Waals surface area contributed by atoms with Gasteiger partial charge in [-0.3, -0.25) is 4.90 Å². The second kappa shape index (κ2) is 4.79. The SMILES string of the molecule is CSC1(C#N)CCN(C2CCS(=O)(=O)C2)CC1. The first-order valence-corrected chi connectivity index (χ1v) is 8.96. The van der Waals surface area contributed by atoms with Gasteiger partial charge in [0, 0.05) is 19.1 Å². The Labute approximate surface area is 107 Å². The molecule has 2 aliphatic rings. The fourth-order valence-corrected chi connectivity index (χ4v) is 5.12. The molecule has 0 bridgehead atoms. The van der Waals surface area contributed by atoms with Crippen LogP contribution in [-0.2, 0) is 9.84 Å². The van der Waals surface area contributed by atoms with Crippen molar-refractivity contribution in [2.75, 3.05) is 30.9 Å². The number of thioether (sulfide) groups is 1. The zero-order valence-electron chi connectivity index (χ0n) is 10.1. The highest BCUT2D eigenvalue weighted by Crippen LogP contribution is 2.35. The number of sulfone groups is 1. The number of hydrogen-bond acceptors (Lipinski definition) is 5. The molecule has 0 amide bonds. The van der Waals surface area contributed by atoms with E-state index in [-0.39, 0.29) is 10.8 Å². The molecule has 4 nitrogen and oxygen atoms in total. The molecule has 1 unspecified atom stereocenters. The average Bonchev–Trinajstić information content (AvgIpc) is 2.70. The van der Waals surface area contributed by atoms with E-state index in [1.54, 1.807) is 11.8 Å². The average molecular weight is 274 g/mol. The van der Waals surface area contributed by atoms with Crippen LogP contribution in [0.5, 0.6) is 0 Å². The molecule has 96 valence electrons. The molecule has 0 spiro atoms. The van der Waals surface area contributed by atoms with Gasteiger partial charge in [0.2, 0.25) is 0 Å². The van der Waals surface area contributed by atoms with Crippen molar-refractivity contribution in [1.29, 1.82) is 5.26 Å². The Balaban J connectivity index is 1.95. The Morgan fingerprint density at radius 1 is 1.41 bits per heavy atom. The quantitative estimate of drug-likeness (QED) is 0.748. The summed E-state index contributed by atoms with van der Waals surface area (Å²) in [6.45, 7) is 1.71. The van der Waals surface area contributed by atoms with Crippen molar-refractivity contribution in [3.05, 3.63) is 0 Å². The first-order chi connectivity index (χ1) is 8.00. The van der Waals surface area contributed by atoms with E-state index in [9.17, 15) is 13.7 Å². The van der Waals surface area contributed by atoms with Crippen molar-refractivity contribution >= 4 is 21.6 Å². The van der Waals surface area contributed by atoms with Gasteiger partial charge < -0.3 is 0 Å². The molecule has 2 heterocycles. The third kappa shape index (κ3) is 2.78. The Morgan fingerprint density at radius 2 is 2.06 bits per heavy atom. The molecule has 17 heavy (non-hydrogen) atoms. The lowest BCUT2D eigenvalue weighted by Gasteiger charge is -2.38. The summed E-state index contributed by atoms with van der Waals surface area (Å²) in [5.74, 6) is 0.645. The van der Waals surface area contributed by atoms with Crippen LogP contribution in [0.3, 0.4) is 0 Å². The van der Waals surface area contributed by atoms with Gasteiger partial charge in [0.25, 0.3) is 0 Å². The van der Waals surface area contributed by atoms with E-state index in [0.717, 1.165) is 32.4 Å². The van der Waals surface area contributed by atoms with Crippen LogP contribution in [0.2, 0.25) is 0 Å². The predicted octanol–water partition coefficient (Wildman–Crippen LogP) is 0.895. The molecule has 2 aliphatic heterocycles. The number of nitrogens with zero attached hydrogens (tertiary/aromatic N) is 2. The fraction of sp³-hybridized carbons (Fsp3) is 0.909. The number of hydrogen-bond donors (Lipinski definition) is 0. The van der Waals surface area contributed by atoms with Gasteiger partial charge in [-0.1, -0.05) is 0 Å². The highest BCUT2D eigenvalue weighted by Gasteiger charge is 2.39. The van der Waals surface area contributed by atoms with Gasteiger partial charge in [-0.05, 0) is 25.5 Å². The van der Waals surface area contributed by atoms with Crippen molar-refractivity contribution in [2.24, 2.45) is 0 Å². The van der Waals surface area contributed by atoms with Gasteiger partial charge in [-0.25, -0.2) is 8.42 Å². The summed E-state index contributed by atoms with van der Waals surface area (Å²) in [5.41, 5.74) is 0. The molecule has 2 rings (SSSR count). The van der Waals surface area contributed by atoms with Gasteiger partial charge in [-0.2, -0.15) is 5.26 Å². The summed E-state index contributed by atoms with van der Waals surface area (Å²) >= 11 is 1.63. The third-order valence-electron chi connectivity index (χ3n) is 3.93. The normalized spacial score (nSPS) is 32.1. The van der Waals surface area contributed by atoms with Gasteiger partial charge in [0.15, 0.2) is 9.84 Å². The molecular weight excluding hydrogens is 256 g/mol. The molecule has 0 aliphatic carbocycles. The van der Waals surface area contributed by atoms with Crippen molar-refractivity contribution in [3.8, 4) is 6.07 Å². The van der Waals surface area contributed by atoms with Gasteiger partial charge in [0.1, 0.15) is 4.75 Å². The van der Waals surface area contributed by atoms with Crippen LogP contribution in [0.15, 0.2) is 0 Å². The summed E-state index contributed by atoms with van der Waals surface area (Å²) in [7, 11) is -2.80. The van der Waals surface area contributed by atoms with Gasteiger partial charge >= 0.3 is 0 Å². The van der Waals surface area contributed by atoms with E-state index >= 15 is 0 Å². The second-order valence-corrected chi connectivity index (χ2v) is 8.32. The number of nitriles is 1. The van der Waals surface area contributed by atoms with E-state index in [0.29, 0.717) is 11.5 Å². The molecule has 0 aromatic carbocycles. The minimum absolute atomic E-state index is 0.193. The Bertz CT molecular complexity index is 419. The van der Waals surface area contributed by atoms with Gasteiger partial charge in [-0.15, -0.1) is 11.8 Å². The second-order valence-electron chi connectivity index (χ2n) is 4.90. The zero-order valence-corrected chi connectivity index (χ0v) is 11.7. The van der Waals surface area contributed by atoms with Crippen LogP contribution >= 0.6 is 11.8 Å². The Morgan fingerprint density at radius 3 is 2.47 bits per heavy atom. The van der Waals surface area contributed by atoms with Crippen molar-refractivity contribution in [2.45, 2.75) is 30.1 Å². The molecule has 0 radical (unpaired) electrons. The summed E-state index contributed by atoms with van der Waals surface area (Å²) in [6.07, 6.45) is 4.45. The zero-order chi connectivity index (χ0) is 12.5. The maximum absolute atomic E-state index is 11.4. The standard InChI is InChI=1S/C11H18N2O2S2/c1-16-11(9-12)3-5-13(6-4-11)10-2-7-17(14,15)8-10/h10H,2-8H2,1H3. The molecule has 6 heteroatoms. The number of likely N-dealkylation sites (tertiary alicyclic amines) is 1. The molecule has 0 aromatic heterocycles. The summed E-state index contributed by atoms with van der Waals surface area (Å²) in [6, 6.07) is 2.61. The lowest BCUT2D eigenvalue weighted by molar-refractivity contribution is 0.168. The van der Waals surface area contributed by atoms with Crippen LogP contribution < -0.4 is 0 Å². The Hall–Kier alpha value is -0.250. The maximum atomic E-state index is 11.4. The largest absolute Gasteiger partial charge is 0.299 e. The van der Waals surface area contributed by atoms with Crippen LogP contribution in [0.1, 0.15) is 19.3 Å². The topological polar surface area (TPSA) is 61.2 Å². The monoisotopic (exact) mass is 274 g/mol. The van der Waals surface area contributed by atoms with Crippen LogP contribution in [0.4, 0.5) is 0 Å². The van der Waals surface area contributed by atoms with E-state index in [1.165, 1.54) is 0 Å². The third-order valence-corrected chi connectivity index (χ3v) is 6.96. The molecule has 2 fully saturated rings. The van der Waals surface area contributed by atoms with E-state index in [1.807, 2.05) is 6.26 Å². The molecule has 1 atom stereocenters. The Kier molecular flexibility index (Phi) is 3.71. The fourth-order valence-electron chi connectivity index (χ4n) is 2.68. The molecule has 0 N–H and O–H groups in total. The van der Waals surface area contributed by atoms with Crippen LogP contribution in [0.25, 0.3) is 0 Å². The van der Waals surface area contributed by atoms with E-state index in [4.69, 9.17) is 0 Å².